The predicted molar refractivity (Wildman–Crippen MR) is 96.4 cm³/mol. The molecule has 0 amide bonds. The zero-order valence-corrected chi connectivity index (χ0v) is 15.3. The van der Waals surface area contributed by atoms with Crippen molar-refractivity contribution in [2.24, 2.45) is 0 Å². The van der Waals surface area contributed by atoms with Gasteiger partial charge in [-0.1, -0.05) is 20.3 Å². The highest BCUT2D eigenvalue weighted by Crippen LogP contribution is 2.48. The second kappa shape index (κ2) is 6.37. The van der Waals surface area contributed by atoms with Crippen LogP contribution in [0.15, 0.2) is 15.3 Å². The van der Waals surface area contributed by atoms with Crippen LogP contribution in [0.4, 0.5) is 0 Å². The number of ether oxygens (including phenoxy) is 1. The number of rotatable bonds is 4. The summed E-state index contributed by atoms with van der Waals surface area (Å²) in [5.41, 5.74) is 1.24. The van der Waals surface area contributed by atoms with Crippen LogP contribution in [0.5, 0.6) is 11.5 Å². The van der Waals surface area contributed by atoms with Crippen LogP contribution in [-0.2, 0) is 12.8 Å². The molecule has 0 saturated carbocycles. The Bertz CT molecular complexity index is 863. The molecular formula is C20H26O5. The maximum absolute atomic E-state index is 12.1. The van der Waals surface area contributed by atoms with E-state index in [2.05, 4.69) is 0 Å². The Kier molecular flexibility index (Phi) is 4.54. The lowest BCUT2D eigenvalue weighted by Gasteiger charge is -2.34. The van der Waals surface area contributed by atoms with Crippen molar-refractivity contribution < 1.29 is 19.4 Å². The Hall–Kier alpha value is -2.01. The van der Waals surface area contributed by atoms with Gasteiger partial charge >= 0.3 is 5.63 Å². The predicted octanol–water partition coefficient (Wildman–Crippen LogP) is 4.00. The summed E-state index contributed by atoms with van der Waals surface area (Å²) in [6.45, 7) is 7.88. The first kappa shape index (κ1) is 17.8. The number of aromatic hydroxyl groups is 1. The van der Waals surface area contributed by atoms with Crippen molar-refractivity contribution in [1.82, 2.24) is 0 Å². The number of aryl methyl sites for hydroxylation is 1. The molecule has 1 atom stereocenters. The van der Waals surface area contributed by atoms with E-state index in [1.807, 2.05) is 27.7 Å². The van der Waals surface area contributed by atoms with Crippen molar-refractivity contribution >= 4 is 11.0 Å². The van der Waals surface area contributed by atoms with E-state index in [1.54, 1.807) is 0 Å². The standard InChI is InChI=1S/C20H26O5/c1-5-7-11-10-14(22)24-19-15(11)18-12(8-9-20(3,4)25-18)17(23)16(19)13(21)6-2/h10,13,21,23H,5-9H2,1-4H3. The number of hydrogen-bond acceptors (Lipinski definition) is 5. The number of benzene rings is 1. The third-order valence-corrected chi connectivity index (χ3v) is 4.92. The van der Waals surface area contributed by atoms with Gasteiger partial charge in [-0.05, 0) is 45.1 Å². The van der Waals surface area contributed by atoms with Gasteiger partial charge in [0.05, 0.1) is 17.1 Å². The lowest BCUT2D eigenvalue weighted by Crippen LogP contribution is -2.33. The Morgan fingerprint density at radius 3 is 2.68 bits per heavy atom. The largest absolute Gasteiger partial charge is 0.507 e. The van der Waals surface area contributed by atoms with Crippen molar-refractivity contribution in [3.05, 3.63) is 33.2 Å². The monoisotopic (exact) mass is 346 g/mol. The van der Waals surface area contributed by atoms with Gasteiger partial charge in [-0.25, -0.2) is 4.79 Å². The second-order valence-electron chi connectivity index (χ2n) is 7.40. The van der Waals surface area contributed by atoms with Crippen molar-refractivity contribution in [2.45, 2.75) is 71.5 Å². The highest BCUT2D eigenvalue weighted by atomic mass is 16.5. The molecule has 5 nitrogen and oxygen atoms in total. The van der Waals surface area contributed by atoms with Gasteiger partial charge in [0, 0.05) is 11.6 Å². The Morgan fingerprint density at radius 2 is 2.04 bits per heavy atom. The highest BCUT2D eigenvalue weighted by molar-refractivity contribution is 5.93. The molecule has 0 saturated heterocycles. The van der Waals surface area contributed by atoms with Crippen LogP contribution >= 0.6 is 0 Å². The molecule has 2 aromatic rings. The number of aliphatic hydroxyl groups excluding tert-OH is 1. The lowest BCUT2D eigenvalue weighted by molar-refractivity contribution is 0.0852. The van der Waals surface area contributed by atoms with E-state index >= 15 is 0 Å². The molecule has 1 unspecified atom stereocenters. The summed E-state index contributed by atoms with van der Waals surface area (Å²) >= 11 is 0. The highest BCUT2D eigenvalue weighted by Gasteiger charge is 2.34. The van der Waals surface area contributed by atoms with E-state index in [9.17, 15) is 15.0 Å². The fourth-order valence-electron chi connectivity index (χ4n) is 3.59. The van der Waals surface area contributed by atoms with Crippen LogP contribution in [0, 0.1) is 0 Å². The van der Waals surface area contributed by atoms with Gasteiger partial charge in [0.15, 0.2) is 5.58 Å². The summed E-state index contributed by atoms with van der Waals surface area (Å²) in [5, 5.41) is 22.0. The van der Waals surface area contributed by atoms with Crippen molar-refractivity contribution in [2.75, 3.05) is 0 Å². The molecule has 0 radical (unpaired) electrons. The van der Waals surface area contributed by atoms with Crippen LogP contribution in [0.25, 0.3) is 11.0 Å². The van der Waals surface area contributed by atoms with Gasteiger partial charge in [-0.2, -0.15) is 0 Å². The number of fused-ring (bicyclic) bond motifs is 3. The summed E-state index contributed by atoms with van der Waals surface area (Å²) < 4.78 is 11.7. The molecule has 2 heterocycles. The number of phenolic OH excluding ortho intramolecular Hbond substituents is 1. The summed E-state index contributed by atoms with van der Waals surface area (Å²) in [4.78, 5) is 12.1. The van der Waals surface area contributed by atoms with E-state index in [0.29, 0.717) is 41.5 Å². The minimum atomic E-state index is -0.900. The average Bonchev–Trinajstić information content (AvgIpc) is 2.53. The first-order valence-electron chi connectivity index (χ1n) is 9.00. The van der Waals surface area contributed by atoms with Gasteiger partial charge in [-0.15, -0.1) is 0 Å². The Morgan fingerprint density at radius 1 is 1.32 bits per heavy atom. The maximum atomic E-state index is 12.1. The molecule has 1 aromatic carbocycles. The lowest BCUT2D eigenvalue weighted by atomic mass is 9.87. The molecule has 3 rings (SSSR count). The van der Waals surface area contributed by atoms with E-state index in [0.717, 1.165) is 18.4 Å². The molecule has 0 aliphatic carbocycles. The van der Waals surface area contributed by atoms with Crippen LogP contribution in [0.3, 0.4) is 0 Å². The zero-order chi connectivity index (χ0) is 18.4. The van der Waals surface area contributed by atoms with Gasteiger partial charge in [0.25, 0.3) is 0 Å². The summed E-state index contributed by atoms with van der Waals surface area (Å²) in [6.07, 6.45) is 2.49. The number of hydrogen-bond donors (Lipinski definition) is 2. The van der Waals surface area contributed by atoms with Crippen molar-refractivity contribution in [3.8, 4) is 11.5 Å². The molecule has 0 spiro atoms. The molecule has 136 valence electrons. The average molecular weight is 346 g/mol. The molecule has 0 bridgehead atoms. The fraction of sp³-hybridized carbons (Fsp3) is 0.550. The van der Waals surface area contributed by atoms with Gasteiger partial charge in [0.1, 0.15) is 17.1 Å². The summed E-state index contributed by atoms with van der Waals surface area (Å²) in [5.74, 6) is 0.576. The molecule has 25 heavy (non-hydrogen) atoms. The topological polar surface area (TPSA) is 79.9 Å². The number of aliphatic hydroxyl groups is 1. The minimum Gasteiger partial charge on any atom is -0.507 e. The molecule has 0 fully saturated rings. The smallest absolute Gasteiger partial charge is 0.336 e. The molecular weight excluding hydrogens is 320 g/mol. The van der Waals surface area contributed by atoms with E-state index in [1.165, 1.54) is 6.07 Å². The van der Waals surface area contributed by atoms with E-state index in [4.69, 9.17) is 9.15 Å². The van der Waals surface area contributed by atoms with Crippen molar-refractivity contribution in [1.29, 1.82) is 0 Å². The molecule has 1 aliphatic heterocycles. The fourth-order valence-corrected chi connectivity index (χ4v) is 3.59. The van der Waals surface area contributed by atoms with Crippen LogP contribution in [0.1, 0.15) is 69.8 Å². The van der Waals surface area contributed by atoms with Gasteiger partial charge in [0.2, 0.25) is 0 Å². The van der Waals surface area contributed by atoms with Gasteiger partial charge < -0.3 is 19.4 Å². The summed E-state index contributed by atoms with van der Waals surface area (Å²) in [7, 11) is 0. The van der Waals surface area contributed by atoms with Crippen LogP contribution in [0.2, 0.25) is 0 Å². The Balaban J connectivity index is 2.46. The van der Waals surface area contributed by atoms with Crippen LogP contribution in [-0.4, -0.2) is 15.8 Å². The molecule has 2 N–H and O–H groups in total. The Labute approximate surface area is 147 Å². The normalized spacial score (nSPS) is 17.2. The molecule has 1 aromatic heterocycles. The SMILES string of the molecule is CCCc1cc(=O)oc2c(C(O)CC)c(O)c3c(c12)OC(C)(C)CC3. The maximum Gasteiger partial charge on any atom is 0.336 e. The number of phenols is 1. The van der Waals surface area contributed by atoms with Crippen molar-refractivity contribution in [3.63, 3.8) is 0 Å². The van der Waals surface area contributed by atoms with E-state index in [-0.39, 0.29) is 16.9 Å². The first-order chi connectivity index (χ1) is 11.8. The quantitative estimate of drug-likeness (QED) is 0.818. The first-order valence-corrected chi connectivity index (χ1v) is 9.00. The van der Waals surface area contributed by atoms with Gasteiger partial charge in [-0.3, -0.25) is 0 Å². The summed E-state index contributed by atoms with van der Waals surface area (Å²) in [6, 6.07) is 1.50. The minimum absolute atomic E-state index is 0.0100. The second-order valence-corrected chi connectivity index (χ2v) is 7.40. The van der Waals surface area contributed by atoms with Crippen LogP contribution < -0.4 is 10.4 Å². The third-order valence-electron chi connectivity index (χ3n) is 4.92. The third kappa shape index (κ3) is 3.01. The van der Waals surface area contributed by atoms with E-state index < -0.39 is 11.7 Å². The molecule has 1 aliphatic rings. The zero-order valence-electron chi connectivity index (χ0n) is 15.3. The molecule has 5 heteroatoms.